The number of carbonyl (C=O) groups excluding carboxylic acids is 1. The molecule has 0 saturated heterocycles. The van der Waals surface area contributed by atoms with Crippen molar-refractivity contribution in [1.82, 2.24) is 4.98 Å². The molecule has 0 radical (unpaired) electrons. The highest BCUT2D eigenvalue weighted by Crippen LogP contribution is 2.11. The van der Waals surface area contributed by atoms with Crippen LogP contribution in [0, 0.1) is 0 Å². The smallest absolute Gasteiger partial charge is 0.434 e. The number of aromatic nitrogens is 1. The molecular formula is C8H8ClNO3. The van der Waals surface area contributed by atoms with Gasteiger partial charge in [0.1, 0.15) is 5.15 Å². The molecule has 0 N–H and O–H groups in total. The van der Waals surface area contributed by atoms with Gasteiger partial charge in [0.15, 0.2) is 0 Å². The highest BCUT2D eigenvalue weighted by Gasteiger charge is 2.05. The molecule has 1 aromatic rings. The predicted molar refractivity (Wildman–Crippen MR) is 46.9 cm³/mol. The normalized spacial score (nSPS) is 9.38. The first kappa shape index (κ1) is 9.80. The fourth-order valence-corrected chi connectivity index (χ4v) is 0.835. The van der Waals surface area contributed by atoms with E-state index in [-0.39, 0.29) is 17.6 Å². The summed E-state index contributed by atoms with van der Waals surface area (Å²) in [5, 5.41) is 0.266. The number of ether oxygens (including phenoxy) is 2. The molecular weight excluding hydrogens is 194 g/mol. The van der Waals surface area contributed by atoms with Crippen molar-refractivity contribution in [3.63, 3.8) is 0 Å². The topological polar surface area (TPSA) is 48.4 Å². The molecule has 4 nitrogen and oxygen atoms in total. The van der Waals surface area contributed by atoms with Crippen molar-refractivity contribution in [2.75, 3.05) is 6.61 Å². The zero-order valence-electron chi connectivity index (χ0n) is 6.99. The maximum atomic E-state index is 10.8. The molecule has 0 aliphatic carbocycles. The van der Waals surface area contributed by atoms with Gasteiger partial charge in [-0.3, -0.25) is 0 Å². The Morgan fingerprint density at radius 2 is 2.38 bits per heavy atom. The molecule has 1 rings (SSSR count). The first-order chi connectivity index (χ1) is 6.22. The average Bonchev–Trinajstić information content (AvgIpc) is 2.04. The molecule has 0 bridgehead atoms. The monoisotopic (exact) mass is 201 g/mol. The second kappa shape index (κ2) is 4.67. The molecule has 0 atom stereocenters. The van der Waals surface area contributed by atoms with Gasteiger partial charge < -0.3 is 9.47 Å². The van der Waals surface area contributed by atoms with E-state index in [0.717, 1.165) is 0 Å². The Morgan fingerprint density at radius 1 is 1.62 bits per heavy atom. The van der Waals surface area contributed by atoms with Gasteiger partial charge in [0, 0.05) is 6.07 Å². The molecule has 5 heteroatoms. The van der Waals surface area contributed by atoms with Crippen molar-refractivity contribution in [3.05, 3.63) is 23.4 Å². The third-order valence-electron chi connectivity index (χ3n) is 1.14. The molecule has 0 unspecified atom stereocenters. The number of halogens is 1. The lowest BCUT2D eigenvalue weighted by Crippen LogP contribution is -2.10. The third-order valence-corrected chi connectivity index (χ3v) is 1.35. The van der Waals surface area contributed by atoms with Gasteiger partial charge in [-0.1, -0.05) is 17.7 Å². The lowest BCUT2D eigenvalue weighted by Gasteiger charge is -2.02. The van der Waals surface area contributed by atoms with E-state index in [1.807, 2.05) is 0 Å². The summed E-state index contributed by atoms with van der Waals surface area (Å²) >= 11 is 5.56. The van der Waals surface area contributed by atoms with Crippen molar-refractivity contribution in [2.45, 2.75) is 6.92 Å². The Bertz CT molecular complexity index is 303. The van der Waals surface area contributed by atoms with Gasteiger partial charge in [-0.15, -0.1) is 0 Å². The van der Waals surface area contributed by atoms with Gasteiger partial charge >= 0.3 is 6.16 Å². The van der Waals surface area contributed by atoms with Crippen molar-refractivity contribution >= 4 is 17.8 Å². The van der Waals surface area contributed by atoms with Crippen LogP contribution < -0.4 is 4.74 Å². The maximum Gasteiger partial charge on any atom is 0.515 e. The van der Waals surface area contributed by atoms with E-state index < -0.39 is 6.16 Å². The van der Waals surface area contributed by atoms with Crippen LogP contribution in [0.4, 0.5) is 4.79 Å². The molecule has 0 aliphatic rings. The largest absolute Gasteiger partial charge is 0.515 e. The van der Waals surface area contributed by atoms with Crippen LogP contribution in [0.15, 0.2) is 18.2 Å². The van der Waals surface area contributed by atoms with E-state index in [4.69, 9.17) is 11.6 Å². The highest BCUT2D eigenvalue weighted by molar-refractivity contribution is 6.29. The number of hydrogen-bond donors (Lipinski definition) is 0. The van der Waals surface area contributed by atoms with Crippen LogP contribution in [-0.4, -0.2) is 17.7 Å². The minimum atomic E-state index is -0.780. The summed E-state index contributed by atoms with van der Waals surface area (Å²) in [4.78, 5) is 14.5. The summed E-state index contributed by atoms with van der Waals surface area (Å²) in [6, 6.07) is 4.73. The van der Waals surface area contributed by atoms with E-state index in [9.17, 15) is 4.79 Å². The third kappa shape index (κ3) is 3.29. The van der Waals surface area contributed by atoms with Crippen LogP contribution in [-0.2, 0) is 4.74 Å². The van der Waals surface area contributed by atoms with E-state index >= 15 is 0 Å². The molecule has 1 heterocycles. The summed E-state index contributed by atoms with van der Waals surface area (Å²) in [7, 11) is 0. The minimum absolute atomic E-state index is 0.131. The quantitative estimate of drug-likeness (QED) is 0.544. The molecule has 13 heavy (non-hydrogen) atoms. The molecule has 0 amide bonds. The zero-order chi connectivity index (χ0) is 9.68. The second-order valence-corrected chi connectivity index (χ2v) is 2.47. The van der Waals surface area contributed by atoms with E-state index in [2.05, 4.69) is 14.5 Å². The van der Waals surface area contributed by atoms with Gasteiger partial charge in [-0.05, 0) is 13.0 Å². The fourth-order valence-electron chi connectivity index (χ4n) is 0.679. The van der Waals surface area contributed by atoms with Crippen molar-refractivity contribution in [1.29, 1.82) is 0 Å². The number of pyridine rings is 1. The Morgan fingerprint density at radius 3 is 3.00 bits per heavy atom. The molecule has 0 fully saturated rings. The van der Waals surface area contributed by atoms with Crippen LogP contribution in [0.25, 0.3) is 0 Å². The zero-order valence-corrected chi connectivity index (χ0v) is 7.75. The minimum Gasteiger partial charge on any atom is -0.434 e. The number of rotatable bonds is 2. The summed E-state index contributed by atoms with van der Waals surface area (Å²) < 4.78 is 9.22. The van der Waals surface area contributed by atoms with Crippen LogP contribution in [0.3, 0.4) is 0 Å². The summed E-state index contributed by atoms with van der Waals surface area (Å²) in [5.41, 5.74) is 0. The van der Waals surface area contributed by atoms with E-state index in [1.54, 1.807) is 19.1 Å². The molecule has 0 aromatic carbocycles. The molecule has 0 saturated carbocycles. The first-order valence-corrected chi connectivity index (χ1v) is 4.07. The number of carbonyl (C=O) groups is 1. The maximum absolute atomic E-state index is 10.8. The van der Waals surface area contributed by atoms with Crippen LogP contribution in [0.5, 0.6) is 5.88 Å². The van der Waals surface area contributed by atoms with Gasteiger partial charge in [-0.2, -0.15) is 0 Å². The van der Waals surface area contributed by atoms with Crippen LogP contribution in [0.2, 0.25) is 5.15 Å². The Labute approximate surface area is 80.4 Å². The van der Waals surface area contributed by atoms with Crippen LogP contribution >= 0.6 is 11.6 Å². The number of hydrogen-bond acceptors (Lipinski definition) is 4. The van der Waals surface area contributed by atoms with Gasteiger partial charge in [-0.25, -0.2) is 9.78 Å². The Kier molecular flexibility index (Phi) is 3.52. The van der Waals surface area contributed by atoms with Crippen molar-refractivity contribution in [3.8, 4) is 5.88 Å². The second-order valence-electron chi connectivity index (χ2n) is 2.08. The molecule has 0 aliphatic heterocycles. The number of nitrogens with zero attached hydrogens (tertiary/aromatic N) is 1. The standard InChI is InChI=1S/C8H8ClNO3/c1-2-12-8(11)13-7-5-3-4-6(9)10-7/h3-5H,2H2,1H3. The molecule has 1 aromatic heterocycles. The summed E-state index contributed by atoms with van der Waals surface area (Å²) in [6.45, 7) is 1.95. The summed E-state index contributed by atoms with van der Waals surface area (Å²) in [5.74, 6) is 0.131. The fraction of sp³-hybridized carbons (Fsp3) is 0.250. The highest BCUT2D eigenvalue weighted by atomic mass is 35.5. The first-order valence-electron chi connectivity index (χ1n) is 3.69. The summed E-state index contributed by atoms with van der Waals surface area (Å²) in [6.07, 6.45) is -0.780. The van der Waals surface area contributed by atoms with Crippen LogP contribution in [0.1, 0.15) is 6.92 Å². The SMILES string of the molecule is CCOC(=O)Oc1cccc(Cl)n1. The van der Waals surface area contributed by atoms with Gasteiger partial charge in [0.05, 0.1) is 6.61 Å². The van der Waals surface area contributed by atoms with E-state index in [1.165, 1.54) is 6.07 Å². The molecule has 0 spiro atoms. The van der Waals surface area contributed by atoms with Gasteiger partial charge in [0.2, 0.25) is 5.88 Å². The predicted octanol–water partition coefficient (Wildman–Crippen LogP) is 2.27. The Balaban J connectivity index is 2.58. The van der Waals surface area contributed by atoms with E-state index in [0.29, 0.717) is 0 Å². The Hall–Kier alpha value is -1.29. The molecule has 70 valence electrons. The lowest BCUT2D eigenvalue weighted by atomic mass is 10.5. The van der Waals surface area contributed by atoms with Crippen molar-refractivity contribution < 1.29 is 14.3 Å². The van der Waals surface area contributed by atoms with Crippen molar-refractivity contribution in [2.24, 2.45) is 0 Å². The lowest BCUT2D eigenvalue weighted by molar-refractivity contribution is 0.103. The van der Waals surface area contributed by atoms with Gasteiger partial charge in [0.25, 0.3) is 0 Å². The average molecular weight is 202 g/mol.